The second kappa shape index (κ2) is 6.22. The average molecular weight is 292 g/mol. The number of rotatable bonds is 4. The molecule has 22 heavy (non-hydrogen) atoms. The van der Waals surface area contributed by atoms with Gasteiger partial charge < -0.3 is 4.57 Å². The van der Waals surface area contributed by atoms with Crippen LogP contribution in [0.4, 0.5) is 0 Å². The number of carbonyl (C=O) groups is 1. The van der Waals surface area contributed by atoms with E-state index in [-0.39, 0.29) is 5.91 Å². The molecule has 0 atom stereocenters. The van der Waals surface area contributed by atoms with E-state index in [1.807, 2.05) is 24.4 Å². The summed E-state index contributed by atoms with van der Waals surface area (Å²) in [5, 5.41) is 5.16. The zero-order valence-electron chi connectivity index (χ0n) is 12.2. The van der Waals surface area contributed by atoms with Gasteiger partial charge in [0.15, 0.2) is 0 Å². The number of fused-ring (bicyclic) bond motifs is 1. The number of nitrogens with zero attached hydrogens (tertiary/aromatic N) is 3. The van der Waals surface area contributed by atoms with Crippen molar-refractivity contribution in [3.8, 4) is 0 Å². The SMILES string of the molecule is CCn1cc(C=NNC(=O)c2cccnc2)c2ccccc21. The van der Waals surface area contributed by atoms with Gasteiger partial charge in [-0.1, -0.05) is 18.2 Å². The van der Waals surface area contributed by atoms with Gasteiger partial charge in [-0.25, -0.2) is 5.43 Å². The van der Waals surface area contributed by atoms with Crippen LogP contribution in [0.25, 0.3) is 10.9 Å². The van der Waals surface area contributed by atoms with Gasteiger partial charge in [0.1, 0.15) is 0 Å². The highest BCUT2D eigenvalue weighted by Crippen LogP contribution is 2.19. The van der Waals surface area contributed by atoms with Crippen molar-refractivity contribution in [1.29, 1.82) is 0 Å². The minimum Gasteiger partial charge on any atom is -0.347 e. The maximum Gasteiger partial charge on any atom is 0.272 e. The Kier molecular flexibility index (Phi) is 3.96. The Morgan fingerprint density at radius 1 is 1.32 bits per heavy atom. The molecule has 0 spiro atoms. The van der Waals surface area contributed by atoms with Gasteiger partial charge in [-0.05, 0) is 25.1 Å². The Morgan fingerprint density at radius 3 is 2.95 bits per heavy atom. The molecular weight excluding hydrogens is 276 g/mol. The van der Waals surface area contributed by atoms with E-state index in [4.69, 9.17) is 0 Å². The lowest BCUT2D eigenvalue weighted by Crippen LogP contribution is -2.17. The lowest BCUT2D eigenvalue weighted by atomic mass is 10.2. The minimum atomic E-state index is -0.274. The number of amides is 1. The van der Waals surface area contributed by atoms with Gasteiger partial charge in [-0.15, -0.1) is 0 Å². The van der Waals surface area contributed by atoms with Gasteiger partial charge in [0.05, 0.1) is 11.8 Å². The first kappa shape index (κ1) is 14.0. The van der Waals surface area contributed by atoms with E-state index < -0.39 is 0 Å². The first-order valence-electron chi connectivity index (χ1n) is 7.11. The van der Waals surface area contributed by atoms with E-state index in [1.165, 1.54) is 6.20 Å². The summed E-state index contributed by atoms with van der Waals surface area (Å²) < 4.78 is 2.15. The van der Waals surface area contributed by atoms with Crippen LogP contribution in [0.3, 0.4) is 0 Å². The molecule has 1 aromatic carbocycles. The third kappa shape index (κ3) is 2.74. The summed E-state index contributed by atoms with van der Waals surface area (Å²) in [6, 6.07) is 11.5. The first-order valence-corrected chi connectivity index (χ1v) is 7.11. The molecule has 0 bridgehead atoms. The number of hydrogen-bond acceptors (Lipinski definition) is 3. The molecule has 1 N–H and O–H groups in total. The Balaban J connectivity index is 1.80. The maximum atomic E-state index is 11.9. The number of aromatic nitrogens is 2. The molecular formula is C17H16N4O. The zero-order valence-corrected chi connectivity index (χ0v) is 12.2. The minimum absolute atomic E-state index is 0.274. The van der Waals surface area contributed by atoms with Crippen molar-refractivity contribution in [3.63, 3.8) is 0 Å². The molecule has 0 fully saturated rings. The molecule has 0 radical (unpaired) electrons. The topological polar surface area (TPSA) is 59.3 Å². The number of benzene rings is 1. The van der Waals surface area contributed by atoms with Crippen molar-refractivity contribution in [2.75, 3.05) is 0 Å². The van der Waals surface area contributed by atoms with Gasteiger partial charge in [0.2, 0.25) is 0 Å². The highest BCUT2D eigenvalue weighted by atomic mass is 16.2. The number of hydrazone groups is 1. The number of para-hydroxylation sites is 1. The largest absolute Gasteiger partial charge is 0.347 e. The molecule has 110 valence electrons. The van der Waals surface area contributed by atoms with Crippen molar-refractivity contribution in [3.05, 3.63) is 66.1 Å². The highest BCUT2D eigenvalue weighted by Gasteiger charge is 2.06. The third-order valence-corrected chi connectivity index (χ3v) is 3.45. The summed E-state index contributed by atoms with van der Waals surface area (Å²) in [5.74, 6) is -0.274. The molecule has 0 aliphatic carbocycles. The van der Waals surface area contributed by atoms with Crippen LogP contribution in [0.5, 0.6) is 0 Å². The van der Waals surface area contributed by atoms with E-state index in [9.17, 15) is 4.79 Å². The Bertz CT molecular complexity index is 821. The number of hydrogen-bond donors (Lipinski definition) is 1. The molecule has 0 aliphatic heterocycles. The summed E-state index contributed by atoms with van der Waals surface area (Å²) in [6.07, 6.45) is 6.83. The van der Waals surface area contributed by atoms with Gasteiger partial charge in [0, 0.05) is 41.6 Å². The molecule has 5 nitrogen and oxygen atoms in total. The van der Waals surface area contributed by atoms with E-state index in [1.54, 1.807) is 24.5 Å². The fraction of sp³-hybridized carbons (Fsp3) is 0.118. The Labute approximate surface area is 128 Å². The van der Waals surface area contributed by atoms with Crippen LogP contribution in [0.2, 0.25) is 0 Å². The van der Waals surface area contributed by atoms with Crippen molar-refractivity contribution in [2.45, 2.75) is 13.5 Å². The van der Waals surface area contributed by atoms with E-state index in [2.05, 4.69) is 33.1 Å². The van der Waals surface area contributed by atoms with Crippen LogP contribution in [0.15, 0.2) is 60.1 Å². The monoisotopic (exact) mass is 292 g/mol. The summed E-state index contributed by atoms with van der Waals surface area (Å²) in [6.45, 7) is 2.98. The normalized spacial score (nSPS) is 11.1. The zero-order chi connectivity index (χ0) is 15.4. The van der Waals surface area contributed by atoms with Gasteiger partial charge in [-0.3, -0.25) is 9.78 Å². The first-order chi connectivity index (χ1) is 10.8. The standard InChI is InChI=1S/C17H16N4O/c1-2-21-12-14(15-7-3-4-8-16(15)21)11-19-20-17(22)13-6-5-9-18-10-13/h3-12H,2H2,1H3,(H,20,22). The second-order valence-electron chi connectivity index (χ2n) is 4.83. The van der Waals surface area contributed by atoms with Crippen LogP contribution in [0, 0.1) is 0 Å². The smallest absolute Gasteiger partial charge is 0.272 e. The molecule has 2 aromatic heterocycles. The van der Waals surface area contributed by atoms with Crippen molar-refractivity contribution >= 4 is 23.0 Å². The summed E-state index contributed by atoms with van der Waals surface area (Å²) in [5.41, 5.74) is 5.14. The van der Waals surface area contributed by atoms with Crippen LogP contribution >= 0.6 is 0 Å². The summed E-state index contributed by atoms with van der Waals surface area (Å²) >= 11 is 0. The van der Waals surface area contributed by atoms with Gasteiger partial charge in [-0.2, -0.15) is 5.10 Å². The second-order valence-corrected chi connectivity index (χ2v) is 4.83. The highest BCUT2D eigenvalue weighted by molar-refractivity contribution is 6.00. The molecule has 3 aromatic rings. The average Bonchev–Trinajstić information content (AvgIpc) is 2.94. The van der Waals surface area contributed by atoms with E-state index in [0.29, 0.717) is 5.56 Å². The fourth-order valence-electron chi connectivity index (χ4n) is 2.36. The lowest BCUT2D eigenvalue weighted by molar-refractivity contribution is 0.0955. The van der Waals surface area contributed by atoms with Crippen LogP contribution in [-0.2, 0) is 6.54 Å². The number of pyridine rings is 1. The Hall–Kier alpha value is -2.95. The molecule has 3 rings (SSSR count). The fourth-order valence-corrected chi connectivity index (χ4v) is 2.36. The molecule has 0 saturated heterocycles. The van der Waals surface area contributed by atoms with E-state index in [0.717, 1.165) is 23.0 Å². The van der Waals surface area contributed by atoms with Crippen LogP contribution < -0.4 is 5.43 Å². The number of carbonyl (C=O) groups excluding carboxylic acids is 1. The maximum absolute atomic E-state index is 11.9. The molecule has 0 aliphatic rings. The number of aryl methyl sites for hydroxylation is 1. The molecule has 0 saturated carbocycles. The third-order valence-electron chi connectivity index (χ3n) is 3.45. The predicted octanol–water partition coefficient (Wildman–Crippen LogP) is 2.82. The summed E-state index contributed by atoms with van der Waals surface area (Å²) in [4.78, 5) is 15.8. The summed E-state index contributed by atoms with van der Waals surface area (Å²) in [7, 11) is 0. The quantitative estimate of drug-likeness (QED) is 0.594. The molecule has 0 unspecified atom stereocenters. The molecule has 5 heteroatoms. The van der Waals surface area contributed by atoms with Crippen molar-refractivity contribution < 1.29 is 4.79 Å². The van der Waals surface area contributed by atoms with E-state index >= 15 is 0 Å². The number of nitrogens with one attached hydrogen (secondary N) is 1. The van der Waals surface area contributed by atoms with Gasteiger partial charge in [0.25, 0.3) is 5.91 Å². The van der Waals surface area contributed by atoms with Gasteiger partial charge >= 0.3 is 0 Å². The van der Waals surface area contributed by atoms with Crippen molar-refractivity contribution in [1.82, 2.24) is 15.0 Å². The van der Waals surface area contributed by atoms with Crippen LogP contribution in [0.1, 0.15) is 22.8 Å². The lowest BCUT2D eigenvalue weighted by Gasteiger charge is -1.98. The van der Waals surface area contributed by atoms with Crippen LogP contribution in [-0.4, -0.2) is 21.7 Å². The Morgan fingerprint density at radius 2 is 2.18 bits per heavy atom. The molecule has 2 heterocycles. The van der Waals surface area contributed by atoms with Crippen molar-refractivity contribution in [2.24, 2.45) is 5.10 Å². The molecule has 1 amide bonds. The predicted molar refractivity (Wildman–Crippen MR) is 86.9 cm³/mol.